The van der Waals surface area contributed by atoms with E-state index in [0.29, 0.717) is 21.4 Å². The average Bonchev–Trinajstić information content (AvgIpc) is 3.45. The zero-order valence-corrected chi connectivity index (χ0v) is 28.4. The fraction of sp³-hybridized carbons (Fsp3) is 0.412. The summed E-state index contributed by atoms with van der Waals surface area (Å²) in [5, 5.41) is 7.64. The van der Waals surface area contributed by atoms with Crippen LogP contribution in [0.3, 0.4) is 0 Å². The SMILES string of the molecule is CC(C)(C)C[C@]1(c2ccc(-c3cnn(C(F)F)c3)cc2)N=C(N)N([C@H](COC(=O)C[C@H]2C[C@H]2F)c2ccc(Cl)c(-n3ncnc3C(F)F)c2)C1=O. The van der Waals surface area contributed by atoms with Gasteiger partial charge in [0.1, 0.15) is 19.1 Å². The van der Waals surface area contributed by atoms with E-state index in [4.69, 9.17) is 27.1 Å². The van der Waals surface area contributed by atoms with Crippen molar-refractivity contribution in [3.8, 4) is 16.8 Å². The molecule has 2 aromatic heterocycles. The Bertz CT molecular complexity index is 1960. The fourth-order valence-electron chi connectivity index (χ4n) is 6.28. The molecule has 51 heavy (non-hydrogen) atoms. The van der Waals surface area contributed by atoms with Crippen molar-refractivity contribution in [2.75, 3.05) is 6.61 Å². The quantitative estimate of drug-likeness (QED) is 0.123. The molecule has 1 saturated carbocycles. The molecule has 0 unspecified atom stereocenters. The second kappa shape index (κ2) is 13.7. The van der Waals surface area contributed by atoms with Crippen LogP contribution in [0.4, 0.5) is 22.0 Å². The minimum Gasteiger partial charge on any atom is -0.463 e. The molecule has 2 N–H and O–H groups in total. The zero-order valence-electron chi connectivity index (χ0n) is 27.7. The second-order valence-electron chi connectivity index (χ2n) is 13.8. The van der Waals surface area contributed by atoms with E-state index in [2.05, 4.69) is 15.2 Å². The molecule has 6 rings (SSSR count). The summed E-state index contributed by atoms with van der Waals surface area (Å²) in [7, 11) is 0. The smallest absolute Gasteiger partial charge is 0.333 e. The number of amides is 1. The number of hydrogen-bond acceptors (Lipinski definition) is 8. The van der Waals surface area contributed by atoms with E-state index in [1.54, 1.807) is 24.3 Å². The molecule has 0 spiro atoms. The van der Waals surface area contributed by atoms with Gasteiger partial charge in [-0.25, -0.2) is 32.5 Å². The summed E-state index contributed by atoms with van der Waals surface area (Å²) in [5.74, 6) is -2.58. The molecular weight excluding hydrogens is 699 g/mol. The molecule has 1 fully saturated rings. The Morgan fingerprint density at radius 2 is 1.80 bits per heavy atom. The van der Waals surface area contributed by atoms with Gasteiger partial charge >= 0.3 is 12.5 Å². The van der Waals surface area contributed by atoms with Gasteiger partial charge in [-0.15, -0.1) is 0 Å². The third kappa shape index (κ3) is 7.32. The predicted molar refractivity (Wildman–Crippen MR) is 176 cm³/mol. The van der Waals surface area contributed by atoms with Crippen LogP contribution in [0.1, 0.15) is 76.0 Å². The number of nitrogens with zero attached hydrogens (tertiary/aromatic N) is 7. The molecule has 270 valence electrons. The van der Waals surface area contributed by atoms with Crippen LogP contribution in [-0.4, -0.2) is 60.1 Å². The van der Waals surface area contributed by atoms with Gasteiger partial charge in [-0.2, -0.15) is 19.0 Å². The van der Waals surface area contributed by atoms with Crippen LogP contribution in [0.25, 0.3) is 16.8 Å². The number of benzene rings is 2. The van der Waals surface area contributed by atoms with Crippen LogP contribution in [-0.2, 0) is 19.9 Å². The van der Waals surface area contributed by atoms with E-state index >= 15 is 0 Å². The second-order valence-corrected chi connectivity index (χ2v) is 14.2. The molecule has 1 amide bonds. The van der Waals surface area contributed by atoms with Crippen molar-refractivity contribution in [2.24, 2.45) is 22.1 Å². The zero-order chi connectivity index (χ0) is 36.8. The van der Waals surface area contributed by atoms with Crippen molar-refractivity contribution >= 4 is 29.4 Å². The monoisotopic (exact) mass is 732 g/mol. The Morgan fingerprint density at radius 1 is 1.10 bits per heavy atom. The Morgan fingerprint density at radius 3 is 2.41 bits per heavy atom. The lowest BCUT2D eigenvalue weighted by atomic mass is 9.75. The molecule has 11 nitrogen and oxygen atoms in total. The Hall–Kier alpha value is -4.86. The normalized spacial score (nSPS) is 21.0. The molecule has 0 saturated heterocycles. The van der Waals surface area contributed by atoms with Crippen LogP contribution in [0.5, 0.6) is 0 Å². The highest BCUT2D eigenvalue weighted by Gasteiger charge is 2.53. The first-order chi connectivity index (χ1) is 24.1. The van der Waals surface area contributed by atoms with E-state index in [-0.39, 0.29) is 41.5 Å². The van der Waals surface area contributed by atoms with Crippen LogP contribution in [0, 0.1) is 11.3 Å². The largest absolute Gasteiger partial charge is 0.463 e. The lowest BCUT2D eigenvalue weighted by molar-refractivity contribution is -0.148. The van der Waals surface area contributed by atoms with Gasteiger partial charge in [0, 0.05) is 17.7 Å². The first-order valence-electron chi connectivity index (χ1n) is 16.0. The number of guanidine groups is 1. The molecule has 2 aliphatic rings. The number of carbonyl (C=O) groups is 2. The standard InChI is InChI=1S/C34H34ClF5N8O3/c1-33(2,3)16-34(22-7-4-18(5-8-22)21-13-43-46(14-21)31(39)40)30(50)47(32(41)45-34)26(15-51-27(49)12-20-10-24(20)36)19-6-9-23(35)25(11-19)48-29(28(37)38)42-17-44-48/h4-9,11,13-14,17,20,24,26,28,31H,10,12,15-16H2,1-3H3,(H2,41,45)/t20-,24-,26-,34-/m1/s1. The summed E-state index contributed by atoms with van der Waals surface area (Å²) in [6.07, 6.45) is -0.363. The third-order valence-corrected chi connectivity index (χ3v) is 9.06. The number of alkyl halides is 5. The van der Waals surface area contributed by atoms with Gasteiger partial charge in [0.25, 0.3) is 12.3 Å². The molecule has 1 aliphatic carbocycles. The molecule has 4 aromatic rings. The predicted octanol–water partition coefficient (Wildman–Crippen LogP) is 6.94. The van der Waals surface area contributed by atoms with E-state index in [1.807, 2.05) is 20.8 Å². The highest BCUT2D eigenvalue weighted by molar-refractivity contribution is 6.32. The van der Waals surface area contributed by atoms with Gasteiger partial charge in [-0.1, -0.05) is 62.7 Å². The number of carbonyl (C=O) groups excluding carboxylic acids is 2. The Labute approximate surface area is 294 Å². The maximum absolute atomic E-state index is 14.9. The van der Waals surface area contributed by atoms with Crippen molar-refractivity contribution in [3.05, 3.63) is 83.2 Å². The third-order valence-electron chi connectivity index (χ3n) is 8.74. The van der Waals surface area contributed by atoms with Gasteiger partial charge in [0.2, 0.25) is 0 Å². The van der Waals surface area contributed by atoms with Crippen molar-refractivity contribution in [2.45, 2.75) is 70.8 Å². The number of aromatic nitrogens is 5. The number of hydrogen-bond donors (Lipinski definition) is 1. The molecular formula is C34H34ClF5N8O3. The molecule has 0 radical (unpaired) electrons. The maximum atomic E-state index is 14.9. The molecule has 2 aromatic carbocycles. The maximum Gasteiger partial charge on any atom is 0.333 e. The first kappa shape index (κ1) is 35.9. The van der Waals surface area contributed by atoms with Crippen LogP contribution in [0.15, 0.2) is 66.2 Å². The number of ether oxygens (including phenoxy) is 1. The van der Waals surface area contributed by atoms with Crippen molar-refractivity contribution in [3.63, 3.8) is 0 Å². The minimum atomic E-state index is -2.99. The van der Waals surface area contributed by atoms with Gasteiger partial charge in [0.15, 0.2) is 17.3 Å². The average molecular weight is 733 g/mol. The highest BCUT2D eigenvalue weighted by atomic mass is 35.5. The number of esters is 1. The van der Waals surface area contributed by atoms with E-state index in [9.17, 15) is 31.5 Å². The van der Waals surface area contributed by atoms with E-state index < -0.39 is 66.4 Å². The lowest BCUT2D eigenvalue weighted by Gasteiger charge is -2.35. The number of aliphatic imine (C=N–C) groups is 1. The van der Waals surface area contributed by atoms with Gasteiger partial charge in [-0.3, -0.25) is 14.5 Å². The molecule has 0 bridgehead atoms. The summed E-state index contributed by atoms with van der Waals surface area (Å²) >= 11 is 6.44. The molecule has 3 heterocycles. The van der Waals surface area contributed by atoms with Gasteiger partial charge in [0.05, 0.1) is 29.4 Å². The van der Waals surface area contributed by atoms with Crippen molar-refractivity contribution in [1.82, 2.24) is 29.4 Å². The summed E-state index contributed by atoms with van der Waals surface area (Å²) in [6, 6.07) is 9.87. The van der Waals surface area contributed by atoms with E-state index in [0.717, 1.165) is 11.0 Å². The fourth-order valence-corrected chi connectivity index (χ4v) is 6.48. The van der Waals surface area contributed by atoms with Gasteiger partial charge < -0.3 is 10.5 Å². The highest BCUT2D eigenvalue weighted by Crippen LogP contribution is 2.45. The van der Waals surface area contributed by atoms with Crippen molar-refractivity contribution < 1.29 is 36.3 Å². The first-order valence-corrected chi connectivity index (χ1v) is 16.4. The number of rotatable bonds is 12. The number of halogens is 6. The molecule has 1 aliphatic heterocycles. The summed E-state index contributed by atoms with van der Waals surface area (Å²) in [5.41, 5.74) is 6.26. The lowest BCUT2D eigenvalue weighted by Crippen LogP contribution is -2.47. The molecule has 4 atom stereocenters. The summed E-state index contributed by atoms with van der Waals surface area (Å²) < 4.78 is 74.5. The van der Waals surface area contributed by atoms with Crippen LogP contribution < -0.4 is 5.73 Å². The van der Waals surface area contributed by atoms with Crippen LogP contribution >= 0.6 is 11.6 Å². The molecule has 17 heteroatoms. The summed E-state index contributed by atoms with van der Waals surface area (Å²) in [6.45, 7) is 2.51. The minimum absolute atomic E-state index is 0.0189. The van der Waals surface area contributed by atoms with E-state index in [1.165, 1.54) is 35.5 Å². The van der Waals surface area contributed by atoms with Crippen LogP contribution in [0.2, 0.25) is 5.02 Å². The Kier molecular flexibility index (Phi) is 9.65. The number of nitrogens with two attached hydrogens (primary N) is 1. The topological polar surface area (TPSA) is 134 Å². The summed E-state index contributed by atoms with van der Waals surface area (Å²) in [4.78, 5) is 37.2. The van der Waals surface area contributed by atoms with Crippen molar-refractivity contribution in [1.29, 1.82) is 0 Å². The Balaban J connectivity index is 1.40. The van der Waals surface area contributed by atoms with Gasteiger partial charge in [-0.05, 0) is 47.1 Å².